The number of methoxy groups -OCH3 is 1. The van der Waals surface area contributed by atoms with E-state index in [0.717, 1.165) is 5.56 Å². The number of carbonyl (C=O) groups is 2. The van der Waals surface area contributed by atoms with Gasteiger partial charge in [0.25, 0.3) is 0 Å². The molecule has 0 fully saturated rings. The lowest BCUT2D eigenvalue weighted by molar-refractivity contribution is 0.0466. The summed E-state index contributed by atoms with van der Waals surface area (Å²) in [6.45, 7) is 4.92. The van der Waals surface area contributed by atoms with Gasteiger partial charge in [-0.3, -0.25) is 0 Å². The number of rotatable bonds is 4. The van der Waals surface area contributed by atoms with Crippen molar-refractivity contribution in [3.63, 3.8) is 0 Å². The van der Waals surface area contributed by atoms with Gasteiger partial charge in [-0.2, -0.15) is 0 Å². The van der Waals surface area contributed by atoms with Crippen LogP contribution in [-0.4, -0.2) is 24.0 Å². The fourth-order valence-corrected chi connectivity index (χ4v) is 3.21. The fourth-order valence-electron chi connectivity index (χ4n) is 3.05. The highest BCUT2D eigenvalue weighted by Gasteiger charge is 2.23. The van der Waals surface area contributed by atoms with Crippen molar-refractivity contribution < 1.29 is 23.5 Å². The van der Waals surface area contributed by atoms with Crippen LogP contribution in [-0.2, 0) is 16.1 Å². The van der Waals surface area contributed by atoms with Crippen molar-refractivity contribution in [3.8, 4) is 0 Å². The lowest BCUT2D eigenvalue weighted by atomic mass is 10.1. The van der Waals surface area contributed by atoms with E-state index in [9.17, 15) is 14.4 Å². The van der Waals surface area contributed by atoms with Crippen molar-refractivity contribution in [1.29, 1.82) is 0 Å². The zero-order chi connectivity index (χ0) is 20.6. The molecule has 2 heterocycles. The van der Waals surface area contributed by atoms with E-state index in [1.165, 1.54) is 13.2 Å². The Labute approximate surface area is 165 Å². The third-order valence-corrected chi connectivity index (χ3v) is 4.91. The normalized spacial score (nSPS) is 10.9. The van der Waals surface area contributed by atoms with E-state index in [-0.39, 0.29) is 12.3 Å². The maximum absolute atomic E-state index is 12.5. The van der Waals surface area contributed by atoms with Gasteiger partial charge in [-0.25, -0.2) is 14.4 Å². The number of fused-ring (bicyclic) bond motifs is 1. The summed E-state index contributed by atoms with van der Waals surface area (Å²) in [5.41, 5.74) is 2.42. The summed E-state index contributed by atoms with van der Waals surface area (Å²) >= 11 is 6.17. The van der Waals surface area contributed by atoms with Crippen LogP contribution < -0.4 is 5.63 Å². The Hall–Kier alpha value is -3.06. The molecule has 1 N–H and O–H groups in total. The first-order chi connectivity index (χ1) is 13.2. The van der Waals surface area contributed by atoms with E-state index in [4.69, 9.17) is 25.5 Å². The maximum atomic E-state index is 12.5. The number of carbonyl (C=O) groups excluding carboxylic acids is 2. The smallest absolute Gasteiger partial charge is 0.355 e. The first-order valence-corrected chi connectivity index (χ1v) is 8.78. The summed E-state index contributed by atoms with van der Waals surface area (Å²) in [6.07, 6.45) is 0. The van der Waals surface area contributed by atoms with Crippen LogP contribution in [0.15, 0.2) is 27.4 Å². The van der Waals surface area contributed by atoms with Crippen molar-refractivity contribution in [2.75, 3.05) is 7.11 Å². The molecule has 0 radical (unpaired) electrons. The molecular formula is C20H18ClNO6. The van der Waals surface area contributed by atoms with Crippen LogP contribution in [0.1, 0.15) is 43.2 Å². The quantitative estimate of drug-likeness (QED) is 0.525. The zero-order valence-corrected chi connectivity index (χ0v) is 16.5. The Bertz CT molecular complexity index is 1160. The number of ether oxygens (including phenoxy) is 2. The molecule has 3 rings (SSSR count). The number of aryl methyl sites for hydroxylation is 2. The Morgan fingerprint density at radius 1 is 1.14 bits per heavy atom. The molecule has 7 nitrogen and oxygen atoms in total. The highest BCUT2D eigenvalue weighted by atomic mass is 35.5. The highest BCUT2D eigenvalue weighted by Crippen LogP contribution is 2.26. The SMILES string of the molecule is COC(=O)c1c(C)[nH]c(C(=O)OCc2cc(=O)oc3cc(C)c(Cl)cc23)c1C. The molecule has 0 bridgehead atoms. The first-order valence-electron chi connectivity index (χ1n) is 8.40. The number of aromatic nitrogens is 1. The average Bonchev–Trinajstić information content (AvgIpc) is 2.94. The number of hydrogen-bond acceptors (Lipinski definition) is 6. The Kier molecular flexibility index (Phi) is 5.29. The number of hydrogen-bond donors (Lipinski definition) is 1. The van der Waals surface area contributed by atoms with Crippen molar-refractivity contribution in [2.45, 2.75) is 27.4 Å². The predicted molar refractivity (Wildman–Crippen MR) is 103 cm³/mol. The summed E-state index contributed by atoms with van der Waals surface area (Å²) in [5, 5.41) is 1.09. The van der Waals surface area contributed by atoms with Crippen LogP contribution >= 0.6 is 11.6 Å². The molecule has 0 atom stereocenters. The van der Waals surface area contributed by atoms with E-state index in [1.807, 2.05) is 0 Å². The summed E-state index contributed by atoms with van der Waals surface area (Å²) in [7, 11) is 1.27. The molecule has 146 valence electrons. The summed E-state index contributed by atoms with van der Waals surface area (Å²) < 4.78 is 15.3. The minimum Gasteiger partial charge on any atom is -0.465 e. The number of aromatic amines is 1. The van der Waals surface area contributed by atoms with Crippen LogP contribution in [0.5, 0.6) is 0 Å². The van der Waals surface area contributed by atoms with Gasteiger partial charge in [0.15, 0.2) is 0 Å². The molecule has 0 amide bonds. The van der Waals surface area contributed by atoms with E-state index >= 15 is 0 Å². The summed E-state index contributed by atoms with van der Waals surface area (Å²) in [4.78, 5) is 39.1. The third-order valence-electron chi connectivity index (χ3n) is 4.50. The monoisotopic (exact) mass is 403 g/mol. The van der Waals surface area contributed by atoms with Gasteiger partial charge < -0.3 is 18.9 Å². The lowest BCUT2D eigenvalue weighted by Crippen LogP contribution is -2.10. The second-order valence-electron chi connectivity index (χ2n) is 6.38. The molecule has 0 saturated heterocycles. The maximum Gasteiger partial charge on any atom is 0.355 e. The van der Waals surface area contributed by atoms with Gasteiger partial charge in [0.2, 0.25) is 0 Å². The van der Waals surface area contributed by atoms with Crippen molar-refractivity contribution >= 4 is 34.5 Å². The van der Waals surface area contributed by atoms with E-state index in [2.05, 4.69) is 4.98 Å². The number of halogens is 1. The van der Waals surface area contributed by atoms with E-state index < -0.39 is 17.6 Å². The number of H-pyrrole nitrogens is 1. The molecule has 0 spiro atoms. The molecule has 0 saturated carbocycles. The molecule has 8 heteroatoms. The fraction of sp³-hybridized carbons (Fsp3) is 0.250. The largest absolute Gasteiger partial charge is 0.465 e. The van der Waals surface area contributed by atoms with E-state index in [0.29, 0.717) is 38.4 Å². The van der Waals surface area contributed by atoms with Crippen LogP contribution in [0.25, 0.3) is 11.0 Å². The molecule has 0 unspecified atom stereocenters. The molecular weight excluding hydrogens is 386 g/mol. The van der Waals surface area contributed by atoms with Crippen molar-refractivity contribution in [1.82, 2.24) is 4.98 Å². The molecule has 0 aliphatic heterocycles. The Morgan fingerprint density at radius 3 is 2.54 bits per heavy atom. The number of nitrogens with one attached hydrogen (secondary N) is 1. The summed E-state index contributed by atoms with van der Waals surface area (Å²) in [5.74, 6) is -1.20. The predicted octanol–water partition coefficient (Wildman–Crippen LogP) is 3.84. The van der Waals surface area contributed by atoms with Gasteiger partial charge in [0.05, 0.1) is 12.7 Å². The van der Waals surface area contributed by atoms with Crippen LogP contribution in [0.4, 0.5) is 0 Å². The topological polar surface area (TPSA) is 98.6 Å². The molecule has 1 aromatic carbocycles. The van der Waals surface area contributed by atoms with Crippen molar-refractivity contribution in [2.24, 2.45) is 0 Å². The molecule has 3 aromatic rings. The van der Waals surface area contributed by atoms with Crippen LogP contribution in [0.3, 0.4) is 0 Å². The second-order valence-corrected chi connectivity index (χ2v) is 6.79. The lowest BCUT2D eigenvalue weighted by Gasteiger charge is -2.08. The highest BCUT2D eigenvalue weighted by molar-refractivity contribution is 6.32. The Morgan fingerprint density at radius 2 is 1.86 bits per heavy atom. The number of esters is 2. The van der Waals surface area contributed by atoms with Gasteiger partial charge in [-0.05, 0) is 44.0 Å². The third kappa shape index (κ3) is 3.53. The first kappa shape index (κ1) is 19.7. The van der Waals surface area contributed by atoms with Gasteiger partial charge in [0.1, 0.15) is 17.9 Å². The standard InChI is InChI=1S/C20H18ClNO6/c1-9-5-15-13(7-14(9)21)12(6-16(23)28-15)8-27-20(25)18-10(2)17(11(3)22-18)19(24)26-4/h5-7,22H,8H2,1-4H3. The minimum absolute atomic E-state index is 0.152. The molecule has 0 aliphatic carbocycles. The van der Waals surface area contributed by atoms with Crippen LogP contribution in [0.2, 0.25) is 5.02 Å². The average molecular weight is 404 g/mol. The molecule has 0 aliphatic rings. The van der Waals surface area contributed by atoms with Crippen molar-refractivity contribution in [3.05, 3.63) is 67.3 Å². The van der Waals surface area contributed by atoms with Gasteiger partial charge in [-0.1, -0.05) is 11.6 Å². The second kappa shape index (κ2) is 7.52. The minimum atomic E-state index is -0.657. The Balaban J connectivity index is 1.91. The molecule has 28 heavy (non-hydrogen) atoms. The zero-order valence-electron chi connectivity index (χ0n) is 15.8. The molecule has 2 aromatic heterocycles. The van der Waals surface area contributed by atoms with Gasteiger partial charge in [0, 0.05) is 27.7 Å². The van der Waals surface area contributed by atoms with Crippen LogP contribution in [0, 0.1) is 20.8 Å². The van der Waals surface area contributed by atoms with Gasteiger partial charge in [-0.15, -0.1) is 0 Å². The van der Waals surface area contributed by atoms with Gasteiger partial charge >= 0.3 is 17.6 Å². The summed E-state index contributed by atoms with van der Waals surface area (Å²) in [6, 6.07) is 4.58. The van der Waals surface area contributed by atoms with E-state index in [1.54, 1.807) is 32.9 Å². The number of benzene rings is 1.